The van der Waals surface area contributed by atoms with Crippen LogP contribution in [0.15, 0.2) is 54.7 Å². The van der Waals surface area contributed by atoms with Crippen LogP contribution in [-0.4, -0.2) is 34.7 Å². The fourth-order valence-electron chi connectivity index (χ4n) is 5.33. The number of nitrogens with zero attached hydrogens (tertiary/aromatic N) is 3. The van der Waals surface area contributed by atoms with Gasteiger partial charge in [-0.25, -0.2) is 4.98 Å². The standard InChI is InChI=1S/C28H32N4O2/c1-18-13-28(30-26-12-11-23(34-3)15-25(18)26)32(22-8-6-7-21(29)14-22)17-20-16-31(19(2)33)27-10-5-4-9-24(20)27/h4-5,9-13,15-16,21-22H,6-8,14,17,29H2,1-3H3. The molecule has 2 aromatic carbocycles. The molecular weight excluding hydrogens is 424 g/mol. The smallest absolute Gasteiger partial charge is 0.227 e. The van der Waals surface area contributed by atoms with E-state index < -0.39 is 0 Å². The van der Waals surface area contributed by atoms with E-state index in [1.54, 1.807) is 18.6 Å². The zero-order valence-electron chi connectivity index (χ0n) is 20.1. The Morgan fingerprint density at radius 2 is 2.00 bits per heavy atom. The lowest BCUT2D eigenvalue weighted by molar-refractivity contribution is 0.0941. The van der Waals surface area contributed by atoms with Crippen LogP contribution in [0.1, 0.15) is 48.5 Å². The van der Waals surface area contributed by atoms with E-state index in [9.17, 15) is 4.79 Å². The predicted molar refractivity (Wildman–Crippen MR) is 138 cm³/mol. The minimum atomic E-state index is 0.0160. The number of anilines is 1. The second-order valence-corrected chi connectivity index (χ2v) is 9.45. The molecule has 1 fully saturated rings. The zero-order chi connectivity index (χ0) is 23.8. The Labute approximate surface area is 200 Å². The molecule has 6 heteroatoms. The van der Waals surface area contributed by atoms with Crippen LogP contribution in [0.5, 0.6) is 5.75 Å². The van der Waals surface area contributed by atoms with Gasteiger partial charge in [-0.3, -0.25) is 9.36 Å². The quantitative estimate of drug-likeness (QED) is 0.433. The van der Waals surface area contributed by atoms with Gasteiger partial charge in [-0.05, 0) is 74.1 Å². The summed E-state index contributed by atoms with van der Waals surface area (Å²) < 4.78 is 7.17. The molecule has 2 heterocycles. The maximum absolute atomic E-state index is 12.3. The van der Waals surface area contributed by atoms with Crippen molar-refractivity contribution in [1.29, 1.82) is 0 Å². The Morgan fingerprint density at radius 3 is 2.76 bits per heavy atom. The average molecular weight is 457 g/mol. The number of ether oxygens (including phenoxy) is 1. The molecule has 1 aliphatic carbocycles. The van der Waals surface area contributed by atoms with Gasteiger partial charge in [0.25, 0.3) is 0 Å². The van der Waals surface area contributed by atoms with Gasteiger partial charge in [0, 0.05) is 42.5 Å². The number of pyridine rings is 1. The summed E-state index contributed by atoms with van der Waals surface area (Å²) in [7, 11) is 1.68. The van der Waals surface area contributed by atoms with Crippen LogP contribution >= 0.6 is 0 Å². The van der Waals surface area contributed by atoms with Gasteiger partial charge in [0.15, 0.2) is 0 Å². The number of nitrogens with two attached hydrogens (primary N) is 1. The highest BCUT2D eigenvalue weighted by atomic mass is 16.5. The largest absolute Gasteiger partial charge is 0.497 e. The Kier molecular flexibility index (Phi) is 6.00. The molecule has 1 saturated carbocycles. The summed E-state index contributed by atoms with van der Waals surface area (Å²) >= 11 is 0. The molecule has 34 heavy (non-hydrogen) atoms. The Hall–Kier alpha value is -3.38. The van der Waals surface area contributed by atoms with E-state index in [1.165, 1.54) is 0 Å². The molecule has 2 atom stereocenters. The molecule has 4 aromatic rings. The van der Waals surface area contributed by atoms with Crippen molar-refractivity contribution in [3.05, 3.63) is 65.9 Å². The van der Waals surface area contributed by atoms with E-state index in [2.05, 4.69) is 24.0 Å². The second kappa shape index (κ2) is 9.11. The molecule has 0 spiro atoms. The van der Waals surface area contributed by atoms with Gasteiger partial charge in [-0.2, -0.15) is 0 Å². The SMILES string of the molecule is COc1ccc2nc(N(Cc3cn(C(C)=O)c4ccccc34)C3CCCC(N)C3)cc(C)c2c1. The summed E-state index contributed by atoms with van der Waals surface area (Å²) in [4.78, 5) is 19.8. The van der Waals surface area contributed by atoms with Gasteiger partial charge in [0.2, 0.25) is 5.91 Å². The lowest BCUT2D eigenvalue weighted by atomic mass is 9.90. The van der Waals surface area contributed by atoms with Crippen molar-refractivity contribution in [2.45, 2.75) is 58.2 Å². The molecule has 176 valence electrons. The van der Waals surface area contributed by atoms with Crippen LogP contribution in [0.25, 0.3) is 21.8 Å². The molecule has 0 saturated heterocycles. The molecule has 0 amide bonds. The summed E-state index contributed by atoms with van der Waals surface area (Å²) in [6.07, 6.45) is 6.19. The zero-order valence-corrected chi connectivity index (χ0v) is 20.1. The first-order valence-corrected chi connectivity index (χ1v) is 12.0. The number of benzene rings is 2. The fraction of sp³-hybridized carbons (Fsp3) is 0.357. The monoisotopic (exact) mass is 456 g/mol. The van der Waals surface area contributed by atoms with Crippen molar-refractivity contribution in [3.8, 4) is 5.75 Å². The summed E-state index contributed by atoms with van der Waals surface area (Å²) in [5.74, 6) is 1.80. The third kappa shape index (κ3) is 4.14. The molecule has 2 unspecified atom stereocenters. The van der Waals surface area contributed by atoms with Gasteiger partial charge < -0.3 is 15.4 Å². The Bertz CT molecular complexity index is 1360. The summed E-state index contributed by atoms with van der Waals surface area (Å²) in [5.41, 5.74) is 10.6. The number of fused-ring (bicyclic) bond motifs is 2. The van der Waals surface area contributed by atoms with Crippen molar-refractivity contribution in [2.24, 2.45) is 5.73 Å². The summed E-state index contributed by atoms with van der Waals surface area (Å²) in [6.45, 7) is 4.41. The lowest BCUT2D eigenvalue weighted by Gasteiger charge is -2.37. The second-order valence-electron chi connectivity index (χ2n) is 9.45. The number of methoxy groups -OCH3 is 1. The van der Waals surface area contributed by atoms with E-state index in [0.717, 1.165) is 70.2 Å². The molecule has 0 radical (unpaired) electrons. The maximum atomic E-state index is 12.3. The Morgan fingerprint density at radius 1 is 1.18 bits per heavy atom. The van der Waals surface area contributed by atoms with Crippen LogP contribution in [0.2, 0.25) is 0 Å². The van der Waals surface area contributed by atoms with Crippen LogP contribution < -0.4 is 15.4 Å². The maximum Gasteiger partial charge on any atom is 0.227 e. The molecule has 0 bridgehead atoms. The lowest BCUT2D eigenvalue weighted by Crippen LogP contribution is -2.42. The highest BCUT2D eigenvalue weighted by Crippen LogP contribution is 2.33. The van der Waals surface area contributed by atoms with Crippen LogP contribution in [-0.2, 0) is 6.54 Å². The molecular formula is C28H32N4O2. The number of hydrogen-bond acceptors (Lipinski definition) is 5. The van der Waals surface area contributed by atoms with Gasteiger partial charge in [-0.15, -0.1) is 0 Å². The first-order chi connectivity index (χ1) is 16.4. The van der Waals surface area contributed by atoms with Gasteiger partial charge in [0.1, 0.15) is 11.6 Å². The van der Waals surface area contributed by atoms with Crippen molar-refractivity contribution < 1.29 is 9.53 Å². The van der Waals surface area contributed by atoms with E-state index in [1.807, 2.05) is 42.6 Å². The first-order valence-electron chi connectivity index (χ1n) is 12.0. The van der Waals surface area contributed by atoms with Gasteiger partial charge in [0.05, 0.1) is 18.1 Å². The van der Waals surface area contributed by atoms with E-state index in [0.29, 0.717) is 12.6 Å². The Balaban J connectivity index is 1.61. The van der Waals surface area contributed by atoms with Crippen molar-refractivity contribution in [1.82, 2.24) is 9.55 Å². The van der Waals surface area contributed by atoms with Crippen molar-refractivity contribution >= 4 is 33.5 Å². The van der Waals surface area contributed by atoms with Crippen molar-refractivity contribution in [3.63, 3.8) is 0 Å². The minimum absolute atomic E-state index is 0.0160. The number of aromatic nitrogens is 2. The third-order valence-corrected chi connectivity index (χ3v) is 7.11. The molecule has 2 aromatic heterocycles. The number of hydrogen-bond donors (Lipinski definition) is 1. The topological polar surface area (TPSA) is 73.4 Å². The van der Waals surface area contributed by atoms with Crippen LogP contribution in [0.3, 0.4) is 0 Å². The molecule has 0 aliphatic heterocycles. The minimum Gasteiger partial charge on any atom is -0.497 e. The predicted octanol–water partition coefficient (Wildman–Crippen LogP) is 5.44. The third-order valence-electron chi connectivity index (χ3n) is 7.11. The molecule has 5 rings (SSSR count). The highest BCUT2D eigenvalue weighted by Gasteiger charge is 2.28. The normalized spacial score (nSPS) is 18.4. The number of carbonyl (C=O) groups excluding carboxylic acids is 1. The van der Waals surface area contributed by atoms with Gasteiger partial charge >= 0.3 is 0 Å². The molecule has 6 nitrogen and oxygen atoms in total. The number of para-hydroxylation sites is 1. The molecule has 2 N–H and O–H groups in total. The van der Waals surface area contributed by atoms with E-state index in [4.69, 9.17) is 15.5 Å². The highest BCUT2D eigenvalue weighted by molar-refractivity contribution is 5.94. The number of aryl methyl sites for hydroxylation is 1. The first kappa shape index (κ1) is 22.4. The number of carbonyl (C=O) groups is 1. The van der Waals surface area contributed by atoms with E-state index in [-0.39, 0.29) is 11.9 Å². The fourth-order valence-corrected chi connectivity index (χ4v) is 5.33. The molecule has 1 aliphatic rings. The van der Waals surface area contributed by atoms with Crippen LogP contribution in [0, 0.1) is 6.92 Å². The van der Waals surface area contributed by atoms with Crippen molar-refractivity contribution in [2.75, 3.05) is 12.0 Å². The van der Waals surface area contributed by atoms with Gasteiger partial charge in [-0.1, -0.05) is 18.2 Å². The van der Waals surface area contributed by atoms with Crippen LogP contribution in [0.4, 0.5) is 5.82 Å². The average Bonchev–Trinajstić information content (AvgIpc) is 3.21. The number of rotatable bonds is 5. The summed E-state index contributed by atoms with van der Waals surface area (Å²) in [5, 5.41) is 2.20. The van der Waals surface area contributed by atoms with E-state index >= 15 is 0 Å². The summed E-state index contributed by atoms with van der Waals surface area (Å²) in [6, 6.07) is 16.8.